The van der Waals surface area contributed by atoms with Crippen LogP contribution in [0.3, 0.4) is 0 Å². The van der Waals surface area contributed by atoms with Crippen LogP contribution in [0.1, 0.15) is 23.7 Å². The summed E-state index contributed by atoms with van der Waals surface area (Å²) in [6.45, 7) is 3.81. The maximum atomic E-state index is 14.2. The van der Waals surface area contributed by atoms with Crippen molar-refractivity contribution in [3.05, 3.63) is 99.1 Å². The Balaban J connectivity index is 1.70. The second kappa shape index (κ2) is 7.66. The van der Waals surface area contributed by atoms with Gasteiger partial charge < -0.3 is 15.4 Å². The predicted molar refractivity (Wildman–Crippen MR) is 135 cm³/mol. The van der Waals surface area contributed by atoms with E-state index in [0.717, 1.165) is 10.8 Å². The van der Waals surface area contributed by atoms with Gasteiger partial charge in [-0.1, -0.05) is 30.3 Å². The van der Waals surface area contributed by atoms with Gasteiger partial charge in [0.15, 0.2) is 0 Å². The highest BCUT2D eigenvalue weighted by molar-refractivity contribution is 6.14. The number of anilines is 1. The Morgan fingerprint density at radius 2 is 1.92 bits per heavy atom. The predicted octanol–water partition coefficient (Wildman–Crippen LogP) is 3.98. The lowest BCUT2D eigenvalue weighted by Crippen LogP contribution is -2.46. The summed E-state index contributed by atoms with van der Waals surface area (Å²) in [7, 11) is 0. The average molecular weight is 492 g/mol. The van der Waals surface area contributed by atoms with Crippen LogP contribution in [0.5, 0.6) is 5.88 Å². The number of ether oxygens (including phenoxy) is 1. The fourth-order valence-electron chi connectivity index (χ4n) is 5.52. The molecule has 4 aromatic rings. The second-order valence-corrected chi connectivity index (χ2v) is 8.92. The monoisotopic (exact) mass is 492 g/mol. The number of amides is 1. The molecule has 0 bridgehead atoms. The Labute approximate surface area is 210 Å². The highest BCUT2D eigenvalue weighted by atomic mass is 16.6. The second-order valence-electron chi connectivity index (χ2n) is 8.92. The first-order valence-electron chi connectivity index (χ1n) is 11.6. The van der Waals surface area contributed by atoms with Crippen molar-refractivity contribution in [2.24, 2.45) is 5.73 Å². The van der Waals surface area contributed by atoms with Crippen LogP contribution in [0, 0.1) is 28.4 Å². The fraction of sp³-hybridized carbons (Fsp3) is 0.148. The number of nitrogens with two attached hydrogens (primary N) is 1. The molecule has 0 radical (unpaired) electrons. The van der Waals surface area contributed by atoms with Gasteiger partial charge in [0.1, 0.15) is 17.1 Å². The summed E-state index contributed by atoms with van der Waals surface area (Å²) in [6, 6.07) is 19.9. The first kappa shape index (κ1) is 22.3. The molecule has 2 aliphatic rings. The number of hydrogen-bond acceptors (Lipinski definition) is 7. The van der Waals surface area contributed by atoms with Crippen molar-refractivity contribution in [2.75, 3.05) is 11.4 Å². The van der Waals surface area contributed by atoms with E-state index in [1.165, 1.54) is 23.1 Å². The molecular weight excluding hydrogens is 472 g/mol. The van der Waals surface area contributed by atoms with E-state index in [2.05, 4.69) is 6.07 Å². The zero-order valence-electron chi connectivity index (χ0n) is 19.9. The van der Waals surface area contributed by atoms with Crippen LogP contribution in [0.2, 0.25) is 0 Å². The number of benzene rings is 3. The zero-order chi connectivity index (χ0) is 26.1. The SMILES string of the molecule is CCN1C(=O)[C@]2(C(C#N)=C(N)Oc3c2c(C)nn3-c2ccc3ccccc3c2)c2cc([N+](=O)[O-])ccc21. The molecule has 10 heteroatoms. The fourth-order valence-corrected chi connectivity index (χ4v) is 5.52. The van der Waals surface area contributed by atoms with E-state index in [-0.39, 0.29) is 29.6 Å². The van der Waals surface area contributed by atoms with Gasteiger partial charge in [-0.25, -0.2) is 4.68 Å². The first-order chi connectivity index (χ1) is 17.8. The Hall–Kier alpha value is -5.17. The number of nitrogens with zero attached hydrogens (tertiary/aromatic N) is 5. The van der Waals surface area contributed by atoms with E-state index >= 15 is 0 Å². The van der Waals surface area contributed by atoms with Gasteiger partial charge in [0.2, 0.25) is 17.7 Å². The van der Waals surface area contributed by atoms with Crippen molar-refractivity contribution in [3.63, 3.8) is 0 Å². The van der Waals surface area contributed by atoms with Crippen molar-refractivity contribution >= 4 is 28.1 Å². The normalized spacial score (nSPS) is 18.1. The summed E-state index contributed by atoms with van der Waals surface area (Å²) < 4.78 is 7.54. The van der Waals surface area contributed by atoms with Gasteiger partial charge >= 0.3 is 0 Å². The number of non-ortho nitro benzene ring substituents is 1. The topological polar surface area (TPSA) is 140 Å². The Bertz CT molecular complexity index is 1750. The molecule has 3 aromatic carbocycles. The molecule has 0 unspecified atom stereocenters. The summed E-state index contributed by atoms with van der Waals surface area (Å²) >= 11 is 0. The van der Waals surface area contributed by atoms with Crippen molar-refractivity contribution in [1.82, 2.24) is 9.78 Å². The van der Waals surface area contributed by atoms with Crippen LogP contribution >= 0.6 is 0 Å². The van der Waals surface area contributed by atoms with Crippen molar-refractivity contribution < 1.29 is 14.5 Å². The minimum absolute atomic E-state index is 0.121. The summed E-state index contributed by atoms with van der Waals surface area (Å²) in [5, 5.41) is 28.6. The Morgan fingerprint density at radius 1 is 1.16 bits per heavy atom. The molecule has 0 aliphatic carbocycles. The van der Waals surface area contributed by atoms with Crippen molar-refractivity contribution in [3.8, 4) is 17.6 Å². The van der Waals surface area contributed by atoms with Gasteiger partial charge in [0.25, 0.3) is 5.69 Å². The van der Waals surface area contributed by atoms with Crippen molar-refractivity contribution in [1.29, 1.82) is 5.26 Å². The van der Waals surface area contributed by atoms with E-state index in [1.54, 1.807) is 18.5 Å². The quantitative estimate of drug-likeness (QED) is 0.337. The van der Waals surface area contributed by atoms with Crippen LogP contribution in [0.15, 0.2) is 72.1 Å². The number of carbonyl (C=O) groups excluding carboxylic acids is 1. The third-order valence-electron chi connectivity index (χ3n) is 7.08. The largest absolute Gasteiger partial charge is 0.422 e. The first-order valence-corrected chi connectivity index (χ1v) is 11.6. The molecular formula is C27H20N6O4. The van der Waals surface area contributed by atoms with Crippen LogP contribution < -0.4 is 15.4 Å². The Kier molecular flexibility index (Phi) is 4.62. The van der Waals surface area contributed by atoms with Crippen LogP contribution in [0.4, 0.5) is 11.4 Å². The van der Waals surface area contributed by atoms with Gasteiger partial charge in [-0.3, -0.25) is 14.9 Å². The molecule has 0 saturated carbocycles. The molecule has 1 atom stereocenters. The molecule has 3 heterocycles. The van der Waals surface area contributed by atoms with Gasteiger partial charge in [0, 0.05) is 29.9 Å². The Morgan fingerprint density at radius 3 is 2.62 bits per heavy atom. The molecule has 182 valence electrons. The number of nitriles is 1. The molecule has 6 rings (SSSR count). The number of likely N-dealkylation sites (N-methyl/N-ethyl adjacent to an activating group) is 1. The number of aromatic nitrogens is 2. The molecule has 0 saturated heterocycles. The highest BCUT2D eigenvalue weighted by Crippen LogP contribution is 2.57. The lowest BCUT2D eigenvalue weighted by molar-refractivity contribution is -0.384. The summed E-state index contributed by atoms with van der Waals surface area (Å²) in [5.41, 5.74) is 6.47. The third-order valence-corrected chi connectivity index (χ3v) is 7.08. The van der Waals surface area contributed by atoms with Crippen LogP contribution in [0.25, 0.3) is 16.5 Å². The number of rotatable bonds is 3. The minimum atomic E-state index is -1.73. The van der Waals surface area contributed by atoms with Gasteiger partial charge in [-0.2, -0.15) is 10.4 Å². The van der Waals surface area contributed by atoms with Gasteiger partial charge in [0.05, 0.1) is 21.9 Å². The molecule has 2 aliphatic heterocycles. The van der Waals surface area contributed by atoms with E-state index in [1.807, 2.05) is 42.5 Å². The van der Waals surface area contributed by atoms with E-state index in [4.69, 9.17) is 15.6 Å². The molecule has 0 fully saturated rings. The maximum absolute atomic E-state index is 14.2. The standard InChI is InChI=1S/C27H20N6O4/c1-3-31-22-11-10-19(33(35)36)13-20(22)27(26(31)34)21(14-28)24(29)37-25-23(27)15(2)30-32(25)18-9-8-16-6-4-5-7-17(16)12-18/h4-13H,3,29H2,1-2H3/t27-/m0/s1. The number of hydrogen-bond donors (Lipinski definition) is 1. The summed E-state index contributed by atoms with van der Waals surface area (Å²) in [5.74, 6) is -0.496. The lowest BCUT2D eigenvalue weighted by Gasteiger charge is -2.33. The molecule has 37 heavy (non-hydrogen) atoms. The van der Waals surface area contributed by atoms with Crippen LogP contribution in [-0.4, -0.2) is 27.2 Å². The molecule has 1 aromatic heterocycles. The number of nitro groups is 1. The van der Waals surface area contributed by atoms with Gasteiger partial charge in [-0.15, -0.1) is 0 Å². The number of fused-ring (bicyclic) bond motifs is 5. The molecule has 1 amide bonds. The molecule has 10 nitrogen and oxygen atoms in total. The smallest absolute Gasteiger partial charge is 0.269 e. The van der Waals surface area contributed by atoms with Crippen LogP contribution in [-0.2, 0) is 10.2 Å². The third kappa shape index (κ3) is 2.79. The van der Waals surface area contributed by atoms with Crippen molar-refractivity contribution in [2.45, 2.75) is 19.3 Å². The molecule has 2 N–H and O–H groups in total. The maximum Gasteiger partial charge on any atom is 0.269 e. The van der Waals surface area contributed by atoms with Gasteiger partial charge in [-0.05, 0) is 42.8 Å². The molecule has 1 spiro atoms. The van der Waals surface area contributed by atoms with E-state index in [0.29, 0.717) is 28.2 Å². The number of carbonyl (C=O) groups is 1. The summed E-state index contributed by atoms with van der Waals surface area (Å²) in [4.78, 5) is 26.9. The average Bonchev–Trinajstić information content (AvgIpc) is 3.35. The minimum Gasteiger partial charge on any atom is -0.422 e. The highest BCUT2D eigenvalue weighted by Gasteiger charge is 2.61. The number of aryl methyl sites for hydroxylation is 1. The van der Waals surface area contributed by atoms with E-state index < -0.39 is 16.2 Å². The zero-order valence-corrected chi connectivity index (χ0v) is 19.9. The summed E-state index contributed by atoms with van der Waals surface area (Å²) in [6.07, 6.45) is 0. The van der Waals surface area contributed by atoms with E-state index in [9.17, 15) is 20.2 Å². The lowest BCUT2D eigenvalue weighted by atomic mass is 9.69. The number of nitro benzene ring substituents is 1.